The van der Waals surface area contributed by atoms with Crippen molar-refractivity contribution in [2.45, 2.75) is 6.42 Å². The first-order valence-electron chi connectivity index (χ1n) is 9.41. The van der Waals surface area contributed by atoms with Crippen molar-refractivity contribution in [2.75, 3.05) is 33.7 Å². The third-order valence-electron chi connectivity index (χ3n) is 4.61. The molecule has 0 saturated heterocycles. The van der Waals surface area contributed by atoms with Gasteiger partial charge in [-0.3, -0.25) is 9.59 Å². The van der Waals surface area contributed by atoms with Crippen LogP contribution in [0, 0.1) is 0 Å². The number of likely N-dealkylation sites (N-methyl/N-ethyl adjacent to an activating group) is 1. The van der Waals surface area contributed by atoms with Gasteiger partial charge in [-0.15, -0.1) is 0 Å². The number of hydrogen-bond acceptors (Lipinski definition) is 3. The van der Waals surface area contributed by atoms with Crippen LogP contribution in [0.25, 0.3) is 10.9 Å². The summed E-state index contributed by atoms with van der Waals surface area (Å²) in [5.41, 5.74) is 3.38. The van der Waals surface area contributed by atoms with Gasteiger partial charge < -0.3 is 20.5 Å². The first-order valence-corrected chi connectivity index (χ1v) is 9.41. The van der Waals surface area contributed by atoms with E-state index in [2.05, 4.69) is 21.7 Å². The van der Waals surface area contributed by atoms with E-state index in [0.29, 0.717) is 24.2 Å². The average molecular weight is 378 g/mol. The fraction of sp³-hybridized carbons (Fsp3) is 0.273. The molecule has 28 heavy (non-hydrogen) atoms. The second-order valence-corrected chi connectivity index (χ2v) is 7.00. The molecular weight excluding hydrogens is 352 g/mol. The molecule has 3 N–H and O–H groups in total. The van der Waals surface area contributed by atoms with E-state index >= 15 is 0 Å². The minimum Gasteiger partial charge on any atom is -0.361 e. The number of aromatic amines is 1. The molecule has 0 aliphatic carbocycles. The highest BCUT2D eigenvalue weighted by atomic mass is 16.2. The second-order valence-electron chi connectivity index (χ2n) is 7.00. The third kappa shape index (κ3) is 4.98. The van der Waals surface area contributed by atoms with E-state index in [-0.39, 0.29) is 11.8 Å². The lowest BCUT2D eigenvalue weighted by Crippen LogP contribution is -2.31. The van der Waals surface area contributed by atoms with Gasteiger partial charge in [0.25, 0.3) is 11.8 Å². The number of nitrogens with zero attached hydrogens (tertiary/aromatic N) is 1. The quantitative estimate of drug-likeness (QED) is 0.563. The number of carbonyl (C=O) groups is 2. The van der Waals surface area contributed by atoms with Gasteiger partial charge in [-0.25, -0.2) is 0 Å². The van der Waals surface area contributed by atoms with Gasteiger partial charge in [-0.2, -0.15) is 0 Å². The standard InChI is InChI=1S/C22H26N4O2/c1-26(2)14-13-24-22(28)17-9-7-16(8-10-17)21(27)23-12-11-18-15-25-20-6-4-3-5-19(18)20/h3-10,15,25H,11-14H2,1-2H3,(H,23,27)(H,24,28). The number of amides is 2. The van der Waals surface area contributed by atoms with E-state index < -0.39 is 0 Å². The van der Waals surface area contributed by atoms with Gasteiger partial charge in [0.2, 0.25) is 0 Å². The molecule has 0 fully saturated rings. The van der Waals surface area contributed by atoms with E-state index in [0.717, 1.165) is 18.5 Å². The Kier molecular flexibility index (Phi) is 6.45. The molecular formula is C22H26N4O2. The largest absolute Gasteiger partial charge is 0.361 e. The van der Waals surface area contributed by atoms with Crippen LogP contribution in [0.15, 0.2) is 54.7 Å². The lowest BCUT2D eigenvalue weighted by atomic mass is 10.1. The van der Waals surface area contributed by atoms with Crippen LogP contribution in [0.3, 0.4) is 0 Å². The molecule has 3 aromatic rings. The second kappa shape index (κ2) is 9.19. The Balaban J connectivity index is 1.50. The number of fused-ring (bicyclic) bond motifs is 1. The van der Waals surface area contributed by atoms with Crippen LogP contribution < -0.4 is 10.6 Å². The molecule has 0 saturated carbocycles. The Bertz CT molecular complexity index is 945. The van der Waals surface area contributed by atoms with Crippen LogP contribution in [-0.4, -0.2) is 55.4 Å². The van der Waals surface area contributed by atoms with Crippen LogP contribution in [-0.2, 0) is 6.42 Å². The molecule has 1 heterocycles. The van der Waals surface area contributed by atoms with Crippen molar-refractivity contribution < 1.29 is 9.59 Å². The van der Waals surface area contributed by atoms with E-state index in [1.54, 1.807) is 24.3 Å². The minimum absolute atomic E-state index is 0.131. The lowest BCUT2D eigenvalue weighted by molar-refractivity contribution is 0.0940. The first-order chi connectivity index (χ1) is 13.5. The number of nitrogens with one attached hydrogen (secondary N) is 3. The summed E-state index contributed by atoms with van der Waals surface area (Å²) in [6, 6.07) is 14.8. The molecule has 0 radical (unpaired) electrons. The lowest BCUT2D eigenvalue weighted by Gasteiger charge is -2.10. The van der Waals surface area contributed by atoms with Crippen molar-refractivity contribution >= 4 is 22.7 Å². The van der Waals surface area contributed by atoms with Gasteiger partial charge in [0.15, 0.2) is 0 Å². The topological polar surface area (TPSA) is 77.2 Å². The van der Waals surface area contributed by atoms with Crippen molar-refractivity contribution in [3.8, 4) is 0 Å². The number of H-pyrrole nitrogens is 1. The molecule has 0 unspecified atom stereocenters. The zero-order chi connectivity index (χ0) is 19.9. The van der Waals surface area contributed by atoms with Crippen LogP contribution in [0.2, 0.25) is 0 Å². The smallest absolute Gasteiger partial charge is 0.251 e. The highest BCUT2D eigenvalue weighted by Crippen LogP contribution is 2.17. The van der Waals surface area contributed by atoms with Crippen molar-refractivity contribution in [1.82, 2.24) is 20.5 Å². The highest BCUT2D eigenvalue weighted by molar-refractivity contribution is 5.97. The number of rotatable bonds is 8. The SMILES string of the molecule is CN(C)CCNC(=O)c1ccc(C(=O)NCCc2c[nH]c3ccccc23)cc1. The highest BCUT2D eigenvalue weighted by Gasteiger charge is 2.09. The Hall–Kier alpha value is -3.12. The van der Waals surface area contributed by atoms with E-state index in [4.69, 9.17) is 0 Å². The molecule has 3 rings (SSSR count). The van der Waals surface area contributed by atoms with Crippen molar-refractivity contribution in [3.63, 3.8) is 0 Å². The summed E-state index contributed by atoms with van der Waals surface area (Å²) < 4.78 is 0. The molecule has 0 atom stereocenters. The Morgan fingerprint density at radius 1 is 0.893 bits per heavy atom. The first kappa shape index (κ1) is 19.6. The predicted octanol–water partition coefficient (Wildman–Crippen LogP) is 2.43. The Morgan fingerprint density at radius 2 is 1.50 bits per heavy atom. The van der Waals surface area contributed by atoms with Crippen LogP contribution in [0.5, 0.6) is 0 Å². The van der Waals surface area contributed by atoms with Crippen LogP contribution in [0.4, 0.5) is 0 Å². The molecule has 1 aromatic heterocycles. The summed E-state index contributed by atoms with van der Waals surface area (Å²) in [6.45, 7) is 1.91. The van der Waals surface area contributed by atoms with Gasteiger partial charge in [0.1, 0.15) is 0 Å². The van der Waals surface area contributed by atoms with E-state index in [1.807, 2.05) is 43.4 Å². The summed E-state index contributed by atoms with van der Waals surface area (Å²) in [7, 11) is 3.91. The van der Waals surface area contributed by atoms with Gasteiger partial charge in [0, 0.05) is 47.9 Å². The maximum atomic E-state index is 12.3. The number of hydrogen-bond donors (Lipinski definition) is 3. The van der Waals surface area contributed by atoms with Gasteiger partial charge in [0.05, 0.1) is 0 Å². The van der Waals surface area contributed by atoms with E-state index in [1.165, 1.54) is 10.9 Å². The summed E-state index contributed by atoms with van der Waals surface area (Å²) in [4.78, 5) is 29.7. The fourth-order valence-corrected chi connectivity index (χ4v) is 3.02. The molecule has 0 bridgehead atoms. The van der Waals surface area contributed by atoms with Gasteiger partial charge >= 0.3 is 0 Å². The molecule has 2 amide bonds. The number of benzene rings is 2. The third-order valence-corrected chi connectivity index (χ3v) is 4.61. The van der Waals surface area contributed by atoms with E-state index in [9.17, 15) is 9.59 Å². The molecule has 2 aromatic carbocycles. The number of aromatic nitrogens is 1. The molecule has 0 aliphatic rings. The summed E-state index contributed by atoms with van der Waals surface area (Å²) in [6.07, 6.45) is 2.74. The summed E-state index contributed by atoms with van der Waals surface area (Å²) in [5, 5.41) is 6.98. The number of para-hydroxylation sites is 1. The summed E-state index contributed by atoms with van der Waals surface area (Å²) >= 11 is 0. The number of carbonyl (C=O) groups excluding carboxylic acids is 2. The fourth-order valence-electron chi connectivity index (χ4n) is 3.02. The Labute approximate surface area is 164 Å². The van der Waals surface area contributed by atoms with Crippen LogP contribution >= 0.6 is 0 Å². The zero-order valence-corrected chi connectivity index (χ0v) is 16.3. The van der Waals surface area contributed by atoms with Crippen molar-refractivity contribution in [2.24, 2.45) is 0 Å². The molecule has 0 aliphatic heterocycles. The minimum atomic E-state index is -0.139. The van der Waals surface area contributed by atoms with Crippen molar-refractivity contribution in [3.05, 3.63) is 71.4 Å². The molecule has 6 heteroatoms. The van der Waals surface area contributed by atoms with Crippen LogP contribution in [0.1, 0.15) is 26.3 Å². The summed E-state index contributed by atoms with van der Waals surface area (Å²) in [5.74, 6) is -0.271. The average Bonchev–Trinajstić information content (AvgIpc) is 3.11. The van der Waals surface area contributed by atoms with Gasteiger partial charge in [-0.05, 0) is 56.4 Å². The maximum Gasteiger partial charge on any atom is 0.251 e. The molecule has 146 valence electrons. The molecule has 0 spiro atoms. The van der Waals surface area contributed by atoms with Gasteiger partial charge in [-0.1, -0.05) is 18.2 Å². The van der Waals surface area contributed by atoms with Crippen molar-refractivity contribution in [1.29, 1.82) is 0 Å². The Morgan fingerprint density at radius 3 is 2.14 bits per heavy atom. The normalized spacial score (nSPS) is 11.0. The maximum absolute atomic E-state index is 12.3. The predicted molar refractivity (Wildman–Crippen MR) is 112 cm³/mol. The molecule has 6 nitrogen and oxygen atoms in total. The monoisotopic (exact) mass is 378 g/mol. The zero-order valence-electron chi connectivity index (χ0n) is 16.3.